The second kappa shape index (κ2) is 3.71. The lowest BCUT2D eigenvalue weighted by atomic mass is 9.91. The predicted octanol–water partition coefficient (Wildman–Crippen LogP) is -0.375. The van der Waals surface area contributed by atoms with Crippen molar-refractivity contribution in [2.24, 2.45) is 5.92 Å². The van der Waals surface area contributed by atoms with Gasteiger partial charge in [-0.1, -0.05) is 0 Å². The van der Waals surface area contributed by atoms with E-state index >= 15 is 0 Å². The lowest BCUT2D eigenvalue weighted by molar-refractivity contribution is -0.192. The van der Waals surface area contributed by atoms with Gasteiger partial charge in [0, 0.05) is 6.54 Å². The van der Waals surface area contributed by atoms with Gasteiger partial charge in [0.1, 0.15) is 6.04 Å². The van der Waals surface area contributed by atoms with Crippen molar-refractivity contribution in [3.8, 4) is 0 Å². The predicted molar refractivity (Wildman–Crippen MR) is 40.3 cm³/mol. The van der Waals surface area contributed by atoms with Crippen LogP contribution in [-0.2, 0) is 9.59 Å². The third kappa shape index (κ3) is 1.96. The number of rotatable bonds is 2. The molecule has 1 aliphatic heterocycles. The molecule has 0 aromatic carbocycles. The van der Waals surface area contributed by atoms with Crippen molar-refractivity contribution in [1.29, 1.82) is 0 Å². The second-order valence-corrected chi connectivity index (χ2v) is 3.03. The number of piperidine rings is 1. The molecular formula is C7H11NO5. The Morgan fingerprint density at radius 1 is 1.23 bits per heavy atom. The fourth-order valence-electron chi connectivity index (χ4n) is 1.54. The molecule has 0 bridgehead atoms. The zero-order valence-electron chi connectivity index (χ0n) is 6.88. The highest BCUT2D eigenvalue weighted by Crippen LogP contribution is 2.22. The standard InChI is InChI=1S/C7H11NO5/c9-6(10)4-2-1-3-8(13)5(4)7(11)12/h4-5,13H,1-3H2,(H,9,10)(H,11,12). The minimum Gasteiger partial charge on any atom is -0.481 e. The third-order valence-electron chi connectivity index (χ3n) is 2.17. The van der Waals surface area contributed by atoms with Gasteiger partial charge in [0.2, 0.25) is 0 Å². The average Bonchev–Trinajstić information content (AvgIpc) is 2.02. The van der Waals surface area contributed by atoms with Crippen LogP contribution in [0.1, 0.15) is 12.8 Å². The Hall–Kier alpha value is -1.14. The summed E-state index contributed by atoms with van der Waals surface area (Å²) in [6, 6.07) is -1.31. The molecule has 0 saturated carbocycles. The van der Waals surface area contributed by atoms with E-state index < -0.39 is 23.9 Å². The first-order chi connectivity index (χ1) is 6.04. The van der Waals surface area contributed by atoms with E-state index in [2.05, 4.69) is 0 Å². The summed E-state index contributed by atoms with van der Waals surface area (Å²) in [5.74, 6) is -3.49. The smallest absolute Gasteiger partial charge is 0.324 e. The summed E-state index contributed by atoms with van der Waals surface area (Å²) in [5, 5.41) is 27.1. The summed E-state index contributed by atoms with van der Waals surface area (Å²) in [7, 11) is 0. The number of hydrogen-bond donors (Lipinski definition) is 3. The molecule has 1 fully saturated rings. The van der Waals surface area contributed by atoms with Crippen molar-refractivity contribution < 1.29 is 25.0 Å². The Labute approximate surface area is 74.3 Å². The molecular weight excluding hydrogens is 178 g/mol. The first-order valence-corrected chi connectivity index (χ1v) is 3.95. The molecule has 1 heterocycles. The van der Waals surface area contributed by atoms with E-state index in [0.29, 0.717) is 17.9 Å². The fourth-order valence-corrected chi connectivity index (χ4v) is 1.54. The summed E-state index contributed by atoms with van der Waals surface area (Å²) in [4.78, 5) is 21.2. The average molecular weight is 189 g/mol. The van der Waals surface area contributed by atoms with Crippen molar-refractivity contribution in [1.82, 2.24) is 5.06 Å². The number of nitrogens with zero attached hydrogens (tertiary/aromatic N) is 1. The molecule has 0 spiro atoms. The van der Waals surface area contributed by atoms with Crippen LogP contribution in [0, 0.1) is 5.92 Å². The number of hydrogen-bond acceptors (Lipinski definition) is 4. The first-order valence-electron chi connectivity index (χ1n) is 3.95. The summed E-state index contributed by atoms with van der Waals surface area (Å²) in [6.07, 6.45) is 0.792. The maximum Gasteiger partial charge on any atom is 0.324 e. The summed E-state index contributed by atoms with van der Waals surface area (Å²) < 4.78 is 0. The number of carbonyl (C=O) groups is 2. The highest BCUT2D eigenvalue weighted by atomic mass is 16.5. The Bertz CT molecular complexity index is 229. The quantitative estimate of drug-likeness (QED) is 0.548. The maximum atomic E-state index is 10.6. The van der Waals surface area contributed by atoms with Gasteiger partial charge < -0.3 is 15.4 Å². The van der Waals surface area contributed by atoms with Crippen molar-refractivity contribution in [2.75, 3.05) is 6.54 Å². The van der Waals surface area contributed by atoms with Crippen LogP contribution in [0.15, 0.2) is 0 Å². The number of aliphatic carboxylic acids is 2. The molecule has 1 saturated heterocycles. The van der Waals surface area contributed by atoms with Crippen LogP contribution in [0.2, 0.25) is 0 Å². The number of carboxylic acid groups (broad SMARTS) is 2. The van der Waals surface area contributed by atoms with E-state index in [9.17, 15) is 9.59 Å². The van der Waals surface area contributed by atoms with E-state index in [1.807, 2.05) is 0 Å². The van der Waals surface area contributed by atoms with Crippen molar-refractivity contribution >= 4 is 11.9 Å². The van der Waals surface area contributed by atoms with Gasteiger partial charge >= 0.3 is 11.9 Å². The largest absolute Gasteiger partial charge is 0.481 e. The molecule has 2 unspecified atom stereocenters. The fraction of sp³-hybridized carbons (Fsp3) is 0.714. The molecule has 1 rings (SSSR count). The van der Waals surface area contributed by atoms with Crippen LogP contribution in [0.4, 0.5) is 0 Å². The number of hydroxylamine groups is 2. The van der Waals surface area contributed by atoms with Crippen molar-refractivity contribution in [3.63, 3.8) is 0 Å². The van der Waals surface area contributed by atoms with E-state index in [1.165, 1.54) is 0 Å². The minimum atomic E-state index is -1.31. The van der Waals surface area contributed by atoms with Crippen LogP contribution in [0.25, 0.3) is 0 Å². The van der Waals surface area contributed by atoms with Gasteiger partial charge in [-0.05, 0) is 12.8 Å². The Morgan fingerprint density at radius 3 is 2.23 bits per heavy atom. The molecule has 3 N–H and O–H groups in total. The topological polar surface area (TPSA) is 98.1 Å². The maximum absolute atomic E-state index is 10.6. The molecule has 0 amide bonds. The highest BCUT2D eigenvalue weighted by Gasteiger charge is 2.40. The van der Waals surface area contributed by atoms with Crippen molar-refractivity contribution in [2.45, 2.75) is 18.9 Å². The summed E-state index contributed by atoms with van der Waals surface area (Å²) in [5.41, 5.74) is 0. The molecule has 6 nitrogen and oxygen atoms in total. The second-order valence-electron chi connectivity index (χ2n) is 3.03. The van der Waals surface area contributed by atoms with Gasteiger partial charge in [0.25, 0.3) is 0 Å². The van der Waals surface area contributed by atoms with Crippen LogP contribution < -0.4 is 0 Å². The first kappa shape index (κ1) is 9.94. The lowest BCUT2D eigenvalue weighted by Crippen LogP contribution is -2.50. The summed E-state index contributed by atoms with van der Waals surface area (Å²) >= 11 is 0. The van der Waals surface area contributed by atoms with Crippen LogP contribution in [0.5, 0.6) is 0 Å². The minimum absolute atomic E-state index is 0.209. The number of carboxylic acids is 2. The van der Waals surface area contributed by atoms with Crippen LogP contribution in [0.3, 0.4) is 0 Å². The van der Waals surface area contributed by atoms with E-state index in [0.717, 1.165) is 0 Å². The third-order valence-corrected chi connectivity index (χ3v) is 2.17. The SMILES string of the molecule is O=C(O)C1CCCN(O)C1C(=O)O. The molecule has 0 aromatic heterocycles. The Balaban J connectivity index is 2.80. The highest BCUT2D eigenvalue weighted by molar-refractivity contribution is 5.82. The lowest BCUT2D eigenvalue weighted by Gasteiger charge is -2.31. The van der Waals surface area contributed by atoms with Gasteiger partial charge in [-0.25, -0.2) is 0 Å². The normalized spacial score (nSPS) is 29.9. The molecule has 0 aliphatic carbocycles. The van der Waals surface area contributed by atoms with Crippen LogP contribution >= 0.6 is 0 Å². The molecule has 6 heteroatoms. The molecule has 2 atom stereocenters. The molecule has 0 aromatic rings. The Morgan fingerprint density at radius 2 is 1.85 bits per heavy atom. The van der Waals surface area contributed by atoms with Crippen LogP contribution in [-0.4, -0.2) is 45.0 Å². The van der Waals surface area contributed by atoms with E-state index in [4.69, 9.17) is 15.4 Å². The molecule has 13 heavy (non-hydrogen) atoms. The molecule has 74 valence electrons. The van der Waals surface area contributed by atoms with Gasteiger partial charge in [-0.15, -0.1) is 0 Å². The van der Waals surface area contributed by atoms with Gasteiger partial charge in [-0.3, -0.25) is 9.59 Å². The molecule has 1 aliphatic rings. The van der Waals surface area contributed by atoms with Gasteiger partial charge in [0.15, 0.2) is 0 Å². The monoisotopic (exact) mass is 189 g/mol. The Kier molecular flexibility index (Phi) is 2.84. The van der Waals surface area contributed by atoms with E-state index in [-0.39, 0.29) is 6.54 Å². The van der Waals surface area contributed by atoms with Crippen molar-refractivity contribution in [3.05, 3.63) is 0 Å². The zero-order valence-corrected chi connectivity index (χ0v) is 6.88. The zero-order chi connectivity index (χ0) is 10.0. The van der Waals surface area contributed by atoms with Gasteiger partial charge in [-0.2, -0.15) is 5.06 Å². The summed E-state index contributed by atoms with van der Waals surface area (Å²) in [6.45, 7) is 0.209. The van der Waals surface area contributed by atoms with Gasteiger partial charge in [0.05, 0.1) is 5.92 Å². The molecule has 0 radical (unpaired) electrons. The van der Waals surface area contributed by atoms with E-state index in [1.54, 1.807) is 0 Å².